The fraction of sp³-hybridized carbons (Fsp3) is 0. The highest BCUT2D eigenvalue weighted by Crippen LogP contribution is 2.45. The lowest BCUT2D eigenvalue weighted by Gasteiger charge is -2.10. The smallest absolute Gasteiger partial charge is 0.235 e. The molecule has 0 bridgehead atoms. The first-order valence-corrected chi connectivity index (χ1v) is 18.3. The number of thiophene rings is 2. The normalized spacial score (nSPS) is 12.4. The number of nitrogens with zero attached hydrogens (tertiary/aromatic N) is 3. The summed E-state index contributed by atoms with van der Waals surface area (Å²) in [6.07, 6.45) is 0. The number of benzene rings is 7. The summed E-state index contributed by atoms with van der Waals surface area (Å²) >= 11 is 3.61. The lowest BCUT2D eigenvalue weighted by Crippen LogP contribution is -2.02. The molecule has 0 aliphatic rings. The zero-order valence-corrected chi connectivity index (χ0v) is 28.0. The Bertz CT molecular complexity index is 3400. The lowest BCUT2D eigenvalue weighted by molar-refractivity contribution is 0.669. The third-order valence-corrected chi connectivity index (χ3v) is 12.5. The van der Waals surface area contributed by atoms with E-state index in [-0.39, 0.29) is 0 Å². The number of fused-ring (bicyclic) bond motifs is 15. The van der Waals surface area contributed by atoms with Gasteiger partial charge in [-0.2, -0.15) is 0 Å². The third kappa shape index (κ3) is 3.53. The van der Waals surface area contributed by atoms with E-state index < -0.39 is 0 Å². The van der Waals surface area contributed by atoms with Crippen LogP contribution in [0.5, 0.6) is 0 Å². The molecule has 0 saturated heterocycles. The molecule has 5 heterocycles. The maximum Gasteiger partial charge on any atom is 0.235 e. The molecule has 12 aromatic rings. The Morgan fingerprint density at radius 3 is 2.12 bits per heavy atom. The topological polar surface area (TPSA) is 43.9 Å². The number of hydrogen-bond donors (Lipinski definition) is 0. The van der Waals surface area contributed by atoms with E-state index in [1.807, 2.05) is 11.3 Å². The molecule has 0 aliphatic carbocycles. The maximum absolute atomic E-state index is 6.39. The second-order valence-corrected chi connectivity index (χ2v) is 15.0. The number of hydrogen-bond acceptors (Lipinski definition) is 5. The van der Waals surface area contributed by atoms with Crippen LogP contribution in [0.15, 0.2) is 144 Å². The number of furan rings is 1. The van der Waals surface area contributed by atoms with E-state index in [4.69, 9.17) is 14.4 Å². The summed E-state index contributed by atoms with van der Waals surface area (Å²) in [6.45, 7) is 0. The van der Waals surface area contributed by atoms with E-state index >= 15 is 0 Å². The number of para-hydroxylation sites is 1. The van der Waals surface area contributed by atoms with E-state index in [1.165, 1.54) is 46.4 Å². The van der Waals surface area contributed by atoms with Crippen molar-refractivity contribution in [2.45, 2.75) is 0 Å². The van der Waals surface area contributed by atoms with Crippen molar-refractivity contribution in [3.8, 4) is 17.2 Å². The van der Waals surface area contributed by atoms with Crippen molar-refractivity contribution in [2.75, 3.05) is 0 Å². The number of rotatable bonds is 2. The average Bonchev–Trinajstić information content (AvgIpc) is 3.92. The molecule has 0 N–H and O–H groups in total. The predicted molar refractivity (Wildman–Crippen MR) is 212 cm³/mol. The summed E-state index contributed by atoms with van der Waals surface area (Å²) in [4.78, 5) is 10.9. The van der Waals surface area contributed by atoms with E-state index in [9.17, 15) is 0 Å². The minimum absolute atomic E-state index is 0.670. The van der Waals surface area contributed by atoms with Gasteiger partial charge < -0.3 is 4.42 Å². The molecule has 0 fully saturated rings. The largest absolute Gasteiger partial charge is 0.456 e. The summed E-state index contributed by atoms with van der Waals surface area (Å²) in [7, 11) is 0. The molecule has 0 unspecified atom stereocenters. The summed E-state index contributed by atoms with van der Waals surface area (Å²) in [5.74, 6) is 0.670. The summed E-state index contributed by atoms with van der Waals surface area (Å²) < 4.78 is 13.5. The van der Waals surface area contributed by atoms with Crippen LogP contribution < -0.4 is 0 Å². The lowest BCUT2D eigenvalue weighted by atomic mass is 10.0. The molecule has 0 atom stereocenters. The Hall–Kier alpha value is -6.08. The first-order valence-electron chi connectivity index (χ1n) is 16.7. The zero-order chi connectivity index (χ0) is 32.5. The molecule has 12 rings (SSSR count). The van der Waals surface area contributed by atoms with Crippen molar-refractivity contribution in [1.82, 2.24) is 14.5 Å². The summed E-state index contributed by atoms with van der Waals surface area (Å²) in [6, 6.07) is 49.7. The van der Waals surface area contributed by atoms with Crippen LogP contribution in [0.1, 0.15) is 0 Å². The Labute approximate surface area is 292 Å². The minimum atomic E-state index is 0.670. The second-order valence-electron chi connectivity index (χ2n) is 12.9. The molecule has 0 amide bonds. The summed E-state index contributed by atoms with van der Waals surface area (Å²) in [5, 5.41) is 10.8. The van der Waals surface area contributed by atoms with Gasteiger partial charge in [-0.3, -0.25) is 4.57 Å². The predicted octanol–water partition coefficient (Wildman–Crippen LogP) is 13.0. The molecular formula is C44H23N3OS2. The van der Waals surface area contributed by atoms with Gasteiger partial charge in [-0.15, -0.1) is 22.7 Å². The van der Waals surface area contributed by atoms with Gasteiger partial charge in [0.15, 0.2) is 0 Å². The molecule has 232 valence electrons. The van der Waals surface area contributed by atoms with Gasteiger partial charge in [-0.05, 0) is 65.4 Å². The van der Waals surface area contributed by atoms with Crippen LogP contribution in [0, 0.1) is 0 Å². The Morgan fingerprint density at radius 2 is 1.22 bits per heavy atom. The van der Waals surface area contributed by atoms with Gasteiger partial charge in [0.2, 0.25) is 5.95 Å². The van der Waals surface area contributed by atoms with E-state index in [0.29, 0.717) is 5.95 Å². The van der Waals surface area contributed by atoms with Crippen molar-refractivity contribution >= 4 is 118 Å². The molecular weight excluding hydrogens is 651 g/mol. The highest BCUT2D eigenvalue weighted by molar-refractivity contribution is 7.26. The standard InChI is InChI=1S/C44H23N3OS2/c1-2-10-26-24(9-1)17-21-34-38(26)30-23-25(18-20-33(30)48-34)41-43-42(29-13-5-8-16-36(29)50-43)46-44(45-41)47-31-14-6-3-11-27(31)39-32(47)19-22-37-40(39)28-12-4-7-15-35(28)49-37/h1-23H. The molecule has 0 saturated carbocycles. The molecule has 0 aliphatic heterocycles. The first kappa shape index (κ1) is 26.8. The van der Waals surface area contributed by atoms with E-state index in [1.54, 1.807) is 11.3 Å². The quantitative estimate of drug-likeness (QED) is 0.183. The van der Waals surface area contributed by atoms with Crippen LogP contribution in [0.25, 0.3) is 112 Å². The Balaban J connectivity index is 1.21. The van der Waals surface area contributed by atoms with Crippen LogP contribution in [0.2, 0.25) is 0 Å². The van der Waals surface area contributed by atoms with Gasteiger partial charge in [0.05, 0.1) is 26.9 Å². The zero-order valence-electron chi connectivity index (χ0n) is 26.3. The van der Waals surface area contributed by atoms with Crippen molar-refractivity contribution in [3.63, 3.8) is 0 Å². The fourth-order valence-electron chi connectivity index (χ4n) is 8.06. The monoisotopic (exact) mass is 673 g/mol. The van der Waals surface area contributed by atoms with E-state index in [2.05, 4.69) is 144 Å². The molecule has 7 aromatic carbocycles. The third-order valence-electron chi connectivity index (χ3n) is 10.2. The van der Waals surface area contributed by atoms with Gasteiger partial charge in [0.1, 0.15) is 11.2 Å². The molecule has 5 aromatic heterocycles. The van der Waals surface area contributed by atoms with Crippen LogP contribution >= 0.6 is 22.7 Å². The van der Waals surface area contributed by atoms with Crippen molar-refractivity contribution in [2.24, 2.45) is 0 Å². The van der Waals surface area contributed by atoms with Crippen LogP contribution in [0.3, 0.4) is 0 Å². The molecule has 0 spiro atoms. The minimum Gasteiger partial charge on any atom is -0.456 e. The molecule has 6 heteroatoms. The van der Waals surface area contributed by atoms with Crippen molar-refractivity contribution in [3.05, 3.63) is 140 Å². The van der Waals surface area contributed by atoms with Crippen molar-refractivity contribution < 1.29 is 4.42 Å². The van der Waals surface area contributed by atoms with Gasteiger partial charge in [0.25, 0.3) is 0 Å². The highest BCUT2D eigenvalue weighted by Gasteiger charge is 2.22. The van der Waals surface area contributed by atoms with Gasteiger partial charge in [0, 0.05) is 57.4 Å². The maximum atomic E-state index is 6.39. The van der Waals surface area contributed by atoms with E-state index in [0.717, 1.165) is 59.8 Å². The van der Waals surface area contributed by atoms with Crippen LogP contribution in [-0.2, 0) is 0 Å². The molecule has 0 radical (unpaired) electrons. The van der Waals surface area contributed by atoms with Gasteiger partial charge in [-0.1, -0.05) is 84.9 Å². The second kappa shape index (κ2) is 9.76. The first-order chi connectivity index (χ1) is 24.8. The van der Waals surface area contributed by atoms with Crippen LogP contribution in [0.4, 0.5) is 0 Å². The highest BCUT2D eigenvalue weighted by atomic mass is 32.1. The summed E-state index contributed by atoms with van der Waals surface area (Å²) in [5.41, 5.74) is 6.91. The fourth-order valence-corrected chi connectivity index (χ4v) is 10.3. The Morgan fingerprint density at radius 1 is 0.480 bits per heavy atom. The van der Waals surface area contributed by atoms with Gasteiger partial charge in [-0.25, -0.2) is 9.97 Å². The van der Waals surface area contributed by atoms with Crippen LogP contribution in [-0.4, -0.2) is 14.5 Å². The molecule has 50 heavy (non-hydrogen) atoms. The van der Waals surface area contributed by atoms with Gasteiger partial charge >= 0.3 is 0 Å². The Kier molecular flexibility index (Phi) is 5.23. The molecule has 4 nitrogen and oxygen atoms in total. The average molecular weight is 674 g/mol. The number of aromatic nitrogens is 3. The SMILES string of the molecule is c1ccc2c(c1)ccc1oc3ccc(-c4nc(-n5c6ccccc6c6c7c(ccc65)sc5ccccc57)nc5c4sc4ccccc45)cc3c12. The van der Waals surface area contributed by atoms with Crippen molar-refractivity contribution in [1.29, 1.82) is 0 Å².